The summed E-state index contributed by atoms with van der Waals surface area (Å²) in [6.07, 6.45) is 0.874. The Morgan fingerprint density at radius 3 is 2.48 bits per heavy atom. The number of hydrogen-bond donors (Lipinski definition) is 2. The number of non-ortho nitro benzene ring substituents is 1. The number of nitro groups is 1. The average Bonchev–Trinajstić information content (AvgIpc) is 2.76. The largest absolute Gasteiger partial charge is 0.358 e. The standard InChI is InChI=1S/C20H15N5O4/c26-19(13-8-10-14(11-9-13)25(28)29)23-24-18(17-7-3-4-12-21-17)22-16-6-2-1-5-15(16)20(24)27/h1-12,18,22H,(H,23,26)/t18-/m1/s1. The van der Waals surface area contributed by atoms with Crippen LogP contribution in [0.5, 0.6) is 0 Å². The molecule has 0 saturated heterocycles. The highest BCUT2D eigenvalue weighted by Crippen LogP contribution is 2.31. The number of carbonyl (C=O) groups excluding carboxylic acids is 2. The maximum Gasteiger partial charge on any atom is 0.276 e. The summed E-state index contributed by atoms with van der Waals surface area (Å²) < 4.78 is 0. The molecule has 2 heterocycles. The molecule has 0 saturated carbocycles. The molecule has 0 fully saturated rings. The number of hydrazine groups is 1. The van der Waals surface area contributed by atoms with Gasteiger partial charge in [-0.1, -0.05) is 18.2 Å². The summed E-state index contributed by atoms with van der Waals surface area (Å²) in [6, 6.07) is 17.4. The number of aromatic nitrogens is 1. The molecule has 0 aliphatic carbocycles. The Balaban J connectivity index is 1.66. The number of amides is 2. The summed E-state index contributed by atoms with van der Waals surface area (Å²) >= 11 is 0. The van der Waals surface area contributed by atoms with E-state index < -0.39 is 22.9 Å². The quantitative estimate of drug-likeness (QED) is 0.523. The first-order valence-corrected chi connectivity index (χ1v) is 8.70. The number of carbonyl (C=O) groups is 2. The van der Waals surface area contributed by atoms with Crippen LogP contribution in [0.1, 0.15) is 32.6 Å². The highest BCUT2D eigenvalue weighted by Gasteiger charge is 2.35. The fourth-order valence-electron chi connectivity index (χ4n) is 3.02. The van der Waals surface area contributed by atoms with Crippen LogP contribution in [0.3, 0.4) is 0 Å². The topological polar surface area (TPSA) is 117 Å². The highest BCUT2D eigenvalue weighted by molar-refractivity contribution is 6.03. The van der Waals surface area contributed by atoms with Crippen molar-refractivity contribution >= 4 is 23.2 Å². The first-order chi connectivity index (χ1) is 14.0. The van der Waals surface area contributed by atoms with E-state index >= 15 is 0 Å². The van der Waals surface area contributed by atoms with E-state index in [2.05, 4.69) is 15.7 Å². The number of para-hydroxylation sites is 1. The number of fused-ring (bicyclic) bond motifs is 1. The summed E-state index contributed by atoms with van der Waals surface area (Å²) in [5.41, 5.74) is 4.23. The van der Waals surface area contributed by atoms with Crippen molar-refractivity contribution in [1.29, 1.82) is 0 Å². The van der Waals surface area contributed by atoms with E-state index in [0.29, 0.717) is 16.9 Å². The molecular formula is C20H15N5O4. The van der Waals surface area contributed by atoms with E-state index in [4.69, 9.17) is 0 Å². The zero-order valence-corrected chi connectivity index (χ0v) is 15.0. The lowest BCUT2D eigenvalue weighted by atomic mass is 10.1. The van der Waals surface area contributed by atoms with Crippen LogP contribution in [0.2, 0.25) is 0 Å². The van der Waals surface area contributed by atoms with Crippen molar-refractivity contribution in [2.24, 2.45) is 0 Å². The van der Waals surface area contributed by atoms with Gasteiger partial charge in [-0.05, 0) is 36.4 Å². The lowest BCUT2D eigenvalue weighted by molar-refractivity contribution is -0.384. The van der Waals surface area contributed by atoms with Crippen molar-refractivity contribution in [3.63, 3.8) is 0 Å². The van der Waals surface area contributed by atoms with Gasteiger partial charge < -0.3 is 5.32 Å². The van der Waals surface area contributed by atoms with Gasteiger partial charge in [-0.2, -0.15) is 0 Å². The zero-order chi connectivity index (χ0) is 20.4. The molecule has 0 unspecified atom stereocenters. The molecule has 29 heavy (non-hydrogen) atoms. The Labute approximate surface area is 165 Å². The highest BCUT2D eigenvalue weighted by atomic mass is 16.6. The molecule has 2 aromatic carbocycles. The van der Waals surface area contributed by atoms with Crippen molar-refractivity contribution < 1.29 is 14.5 Å². The minimum absolute atomic E-state index is 0.127. The van der Waals surface area contributed by atoms with Gasteiger partial charge in [0.2, 0.25) is 0 Å². The number of benzene rings is 2. The number of rotatable bonds is 4. The monoisotopic (exact) mass is 389 g/mol. The second kappa shape index (κ2) is 7.39. The number of nitrogens with zero attached hydrogens (tertiary/aromatic N) is 3. The SMILES string of the molecule is O=C(NN1C(=O)c2ccccc2N[C@H]1c1ccccn1)c1ccc([N+](=O)[O-])cc1. The van der Waals surface area contributed by atoms with Crippen LogP contribution in [0, 0.1) is 10.1 Å². The fourth-order valence-corrected chi connectivity index (χ4v) is 3.02. The van der Waals surface area contributed by atoms with E-state index in [-0.39, 0.29) is 11.3 Å². The van der Waals surface area contributed by atoms with Gasteiger partial charge in [0.15, 0.2) is 6.17 Å². The van der Waals surface area contributed by atoms with Gasteiger partial charge in [0.1, 0.15) is 0 Å². The van der Waals surface area contributed by atoms with E-state index in [1.54, 1.807) is 48.7 Å². The molecule has 0 radical (unpaired) electrons. The lowest BCUT2D eigenvalue weighted by Gasteiger charge is -2.37. The van der Waals surface area contributed by atoms with Crippen LogP contribution in [-0.2, 0) is 0 Å². The van der Waals surface area contributed by atoms with Crippen LogP contribution in [-0.4, -0.2) is 26.7 Å². The lowest BCUT2D eigenvalue weighted by Crippen LogP contribution is -2.53. The number of hydrogen-bond acceptors (Lipinski definition) is 6. The van der Waals surface area contributed by atoms with Crippen molar-refractivity contribution in [1.82, 2.24) is 15.4 Å². The molecule has 144 valence electrons. The summed E-state index contributed by atoms with van der Waals surface area (Å²) in [5.74, 6) is -0.972. The molecule has 9 nitrogen and oxygen atoms in total. The molecule has 4 rings (SSSR count). The van der Waals surface area contributed by atoms with Crippen molar-refractivity contribution in [3.8, 4) is 0 Å². The first kappa shape index (κ1) is 18.1. The number of pyridine rings is 1. The third kappa shape index (κ3) is 3.48. The molecule has 9 heteroatoms. The van der Waals surface area contributed by atoms with Gasteiger partial charge in [0.05, 0.1) is 16.2 Å². The third-order valence-corrected chi connectivity index (χ3v) is 4.46. The van der Waals surface area contributed by atoms with Gasteiger partial charge in [0, 0.05) is 29.6 Å². The smallest absolute Gasteiger partial charge is 0.276 e. The number of nitro benzene ring substituents is 1. The molecule has 1 aliphatic rings. The van der Waals surface area contributed by atoms with Gasteiger partial charge in [-0.3, -0.25) is 30.1 Å². The molecule has 0 spiro atoms. The van der Waals surface area contributed by atoms with E-state index in [1.807, 2.05) is 0 Å². The summed E-state index contributed by atoms with van der Waals surface area (Å²) in [7, 11) is 0. The number of anilines is 1. The summed E-state index contributed by atoms with van der Waals surface area (Å²) in [5, 5.41) is 15.2. The minimum atomic E-state index is -0.722. The second-order valence-electron chi connectivity index (χ2n) is 6.27. The molecule has 2 amide bonds. The Hall–Kier alpha value is -4.27. The Morgan fingerprint density at radius 1 is 1.07 bits per heavy atom. The van der Waals surface area contributed by atoms with Gasteiger partial charge >= 0.3 is 0 Å². The van der Waals surface area contributed by atoms with Gasteiger partial charge in [-0.15, -0.1) is 0 Å². The van der Waals surface area contributed by atoms with Crippen LogP contribution < -0.4 is 10.7 Å². The van der Waals surface area contributed by atoms with Crippen LogP contribution in [0.4, 0.5) is 11.4 Å². The van der Waals surface area contributed by atoms with Crippen molar-refractivity contribution in [2.45, 2.75) is 6.17 Å². The minimum Gasteiger partial charge on any atom is -0.358 e. The van der Waals surface area contributed by atoms with Crippen molar-refractivity contribution in [3.05, 3.63) is 99.9 Å². The first-order valence-electron chi connectivity index (χ1n) is 8.70. The van der Waals surface area contributed by atoms with E-state index in [9.17, 15) is 19.7 Å². The molecule has 3 aromatic rings. The maximum atomic E-state index is 13.1. The zero-order valence-electron chi connectivity index (χ0n) is 15.0. The van der Waals surface area contributed by atoms with Crippen LogP contribution in [0.15, 0.2) is 72.9 Å². The third-order valence-electron chi connectivity index (χ3n) is 4.46. The molecule has 1 aromatic heterocycles. The Kier molecular flexibility index (Phi) is 4.62. The van der Waals surface area contributed by atoms with Gasteiger partial charge in [0.25, 0.3) is 17.5 Å². The van der Waals surface area contributed by atoms with Crippen LogP contribution in [0.25, 0.3) is 0 Å². The molecule has 0 bridgehead atoms. The number of nitrogens with one attached hydrogen (secondary N) is 2. The molecule has 1 atom stereocenters. The maximum absolute atomic E-state index is 13.1. The summed E-state index contributed by atoms with van der Waals surface area (Å²) in [4.78, 5) is 40.3. The van der Waals surface area contributed by atoms with E-state index in [1.165, 1.54) is 29.3 Å². The average molecular weight is 389 g/mol. The van der Waals surface area contributed by atoms with E-state index in [0.717, 1.165) is 0 Å². The molecule has 1 aliphatic heterocycles. The van der Waals surface area contributed by atoms with Crippen molar-refractivity contribution in [2.75, 3.05) is 5.32 Å². The predicted octanol–water partition coefficient (Wildman–Crippen LogP) is 2.90. The molecular weight excluding hydrogens is 374 g/mol. The molecule has 2 N–H and O–H groups in total. The van der Waals surface area contributed by atoms with Crippen LogP contribution >= 0.6 is 0 Å². The second-order valence-corrected chi connectivity index (χ2v) is 6.27. The predicted molar refractivity (Wildman–Crippen MR) is 104 cm³/mol. The van der Waals surface area contributed by atoms with Gasteiger partial charge in [-0.25, -0.2) is 5.01 Å². The normalized spacial score (nSPS) is 15.2. The fraction of sp³-hybridized carbons (Fsp3) is 0.0500. The summed E-state index contributed by atoms with van der Waals surface area (Å²) in [6.45, 7) is 0. The Bertz CT molecular complexity index is 1090. The Morgan fingerprint density at radius 2 is 1.79 bits per heavy atom.